The molecule has 2 N–H and O–H groups in total. The van der Waals surface area contributed by atoms with Crippen molar-refractivity contribution in [3.63, 3.8) is 0 Å². The van der Waals surface area contributed by atoms with Crippen LogP contribution in [0.4, 0.5) is 0 Å². The summed E-state index contributed by atoms with van der Waals surface area (Å²) >= 11 is 5.95. The molecule has 1 aliphatic heterocycles. The summed E-state index contributed by atoms with van der Waals surface area (Å²) < 4.78 is 5.13. The molecule has 2 aromatic rings. The Kier molecular flexibility index (Phi) is 6.45. The molecule has 1 unspecified atom stereocenters. The summed E-state index contributed by atoms with van der Waals surface area (Å²) in [7, 11) is 0. The molecule has 3 rings (SSSR count). The normalized spacial score (nSPS) is 16.8. The van der Waals surface area contributed by atoms with Gasteiger partial charge < -0.3 is 15.2 Å². The molecular weight excluding hydrogens is 337 g/mol. The van der Waals surface area contributed by atoms with Crippen LogP contribution in [0.3, 0.4) is 0 Å². The van der Waals surface area contributed by atoms with Crippen LogP contribution in [0.5, 0.6) is 0 Å². The first kappa shape index (κ1) is 17.8. The van der Waals surface area contributed by atoms with Crippen molar-refractivity contribution in [1.29, 1.82) is 0 Å². The molecule has 1 fully saturated rings. The number of nitrogens with zero attached hydrogens (tertiary/aromatic N) is 1. The molecule has 1 atom stereocenters. The van der Waals surface area contributed by atoms with Crippen molar-refractivity contribution in [2.45, 2.75) is 12.8 Å². The van der Waals surface area contributed by atoms with E-state index in [1.54, 1.807) is 18.2 Å². The fraction of sp³-hybridized carbons (Fsp3) is 0.375. The molecule has 1 amide bonds. The Balaban J connectivity index is 0.00000192. The van der Waals surface area contributed by atoms with E-state index in [1.807, 2.05) is 12.1 Å². The first-order valence-electron chi connectivity index (χ1n) is 7.44. The van der Waals surface area contributed by atoms with Gasteiger partial charge in [-0.15, -0.1) is 12.4 Å². The molecule has 5 nitrogen and oxygen atoms in total. The van der Waals surface area contributed by atoms with Crippen LogP contribution in [0.15, 0.2) is 34.9 Å². The molecule has 0 aliphatic carbocycles. The zero-order valence-corrected chi connectivity index (χ0v) is 14.1. The average Bonchev–Trinajstić information content (AvgIpc) is 3.19. The van der Waals surface area contributed by atoms with Gasteiger partial charge in [-0.2, -0.15) is 0 Å². The smallest absolute Gasteiger partial charge is 0.289 e. The van der Waals surface area contributed by atoms with Crippen LogP contribution in [0.2, 0.25) is 5.02 Å². The van der Waals surface area contributed by atoms with Gasteiger partial charge in [0.2, 0.25) is 5.76 Å². The van der Waals surface area contributed by atoms with Crippen LogP contribution in [0.25, 0.3) is 11.3 Å². The van der Waals surface area contributed by atoms with Crippen LogP contribution in [0, 0.1) is 5.92 Å². The van der Waals surface area contributed by atoms with Gasteiger partial charge in [-0.25, -0.2) is 0 Å². The highest BCUT2D eigenvalue weighted by Crippen LogP contribution is 2.22. The molecule has 7 heteroatoms. The topological polar surface area (TPSA) is 67.2 Å². The molecule has 1 aromatic carbocycles. The quantitative estimate of drug-likeness (QED) is 0.864. The van der Waals surface area contributed by atoms with Gasteiger partial charge in [0.1, 0.15) is 5.69 Å². The standard InChI is InChI=1S/C16H18ClN3O2.ClH/c17-13-3-1-2-12(8-13)14-9-15(22-20-14)16(21)19-7-5-11-4-6-18-10-11;/h1-3,8-9,11,18H,4-7,10H2,(H,19,21);1H. The third kappa shape index (κ3) is 4.70. The van der Waals surface area contributed by atoms with Crippen molar-refractivity contribution in [1.82, 2.24) is 15.8 Å². The summed E-state index contributed by atoms with van der Waals surface area (Å²) in [5, 5.41) is 10.7. The second kappa shape index (κ2) is 8.34. The van der Waals surface area contributed by atoms with Crippen molar-refractivity contribution < 1.29 is 9.32 Å². The summed E-state index contributed by atoms with van der Waals surface area (Å²) in [4.78, 5) is 12.0. The highest BCUT2D eigenvalue weighted by molar-refractivity contribution is 6.30. The zero-order chi connectivity index (χ0) is 15.4. The molecule has 0 bridgehead atoms. The maximum Gasteiger partial charge on any atom is 0.289 e. The molecular formula is C16H19Cl2N3O2. The summed E-state index contributed by atoms with van der Waals surface area (Å²) in [5.74, 6) is 0.642. The van der Waals surface area contributed by atoms with Gasteiger partial charge in [-0.3, -0.25) is 4.79 Å². The van der Waals surface area contributed by atoms with E-state index in [9.17, 15) is 4.79 Å². The number of benzene rings is 1. The lowest BCUT2D eigenvalue weighted by Gasteiger charge is -2.07. The Hall–Kier alpha value is -1.56. The predicted octanol–water partition coefficient (Wildman–Crippen LogP) is 3.15. The second-order valence-electron chi connectivity index (χ2n) is 5.49. The van der Waals surface area contributed by atoms with Crippen LogP contribution < -0.4 is 10.6 Å². The lowest BCUT2D eigenvalue weighted by Crippen LogP contribution is -2.26. The summed E-state index contributed by atoms with van der Waals surface area (Å²) in [5.41, 5.74) is 1.43. The Bertz CT molecular complexity index is 654. The summed E-state index contributed by atoms with van der Waals surface area (Å²) in [6.45, 7) is 2.76. The SMILES string of the molecule is Cl.O=C(NCCC1CCNC1)c1cc(-c2cccc(Cl)c2)no1. The second-order valence-corrected chi connectivity index (χ2v) is 5.93. The minimum atomic E-state index is -0.230. The molecule has 2 heterocycles. The number of carbonyl (C=O) groups is 1. The number of rotatable bonds is 5. The summed E-state index contributed by atoms with van der Waals surface area (Å²) in [6, 6.07) is 8.92. The van der Waals surface area contributed by atoms with E-state index in [0.29, 0.717) is 23.2 Å². The first-order valence-corrected chi connectivity index (χ1v) is 7.82. The van der Waals surface area contributed by atoms with Crippen LogP contribution >= 0.6 is 24.0 Å². The Morgan fingerprint density at radius 1 is 1.43 bits per heavy atom. The van der Waals surface area contributed by atoms with E-state index in [4.69, 9.17) is 16.1 Å². The number of carbonyl (C=O) groups excluding carboxylic acids is 1. The fourth-order valence-corrected chi connectivity index (χ4v) is 2.79. The zero-order valence-electron chi connectivity index (χ0n) is 12.5. The van der Waals surface area contributed by atoms with Crippen LogP contribution in [-0.2, 0) is 0 Å². The molecule has 124 valence electrons. The maximum atomic E-state index is 12.0. The van der Waals surface area contributed by atoms with Gasteiger partial charge in [0, 0.05) is 23.2 Å². The van der Waals surface area contributed by atoms with Gasteiger partial charge in [-0.05, 0) is 44.0 Å². The maximum absolute atomic E-state index is 12.0. The molecule has 1 aliphatic rings. The Morgan fingerprint density at radius 2 is 2.30 bits per heavy atom. The van der Waals surface area contributed by atoms with Crippen molar-refractivity contribution in [3.8, 4) is 11.3 Å². The third-order valence-electron chi connectivity index (χ3n) is 3.85. The van der Waals surface area contributed by atoms with E-state index in [1.165, 1.54) is 6.42 Å². The van der Waals surface area contributed by atoms with Crippen LogP contribution in [-0.4, -0.2) is 30.7 Å². The van der Waals surface area contributed by atoms with Gasteiger partial charge in [0.15, 0.2) is 0 Å². The van der Waals surface area contributed by atoms with Gasteiger partial charge in [-0.1, -0.05) is 28.9 Å². The van der Waals surface area contributed by atoms with Gasteiger partial charge >= 0.3 is 0 Å². The number of halogens is 2. The first-order chi connectivity index (χ1) is 10.7. The Morgan fingerprint density at radius 3 is 3.04 bits per heavy atom. The van der Waals surface area contributed by atoms with E-state index in [-0.39, 0.29) is 24.1 Å². The van der Waals surface area contributed by atoms with Crippen LogP contribution in [0.1, 0.15) is 23.4 Å². The minimum Gasteiger partial charge on any atom is -0.350 e. The van der Waals surface area contributed by atoms with Gasteiger partial charge in [0.05, 0.1) is 0 Å². The monoisotopic (exact) mass is 355 g/mol. The lowest BCUT2D eigenvalue weighted by atomic mass is 10.1. The fourth-order valence-electron chi connectivity index (χ4n) is 2.60. The number of hydrogen-bond acceptors (Lipinski definition) is 4. The number of aromatic nitrogens is 1. The van der Waals surface area contributed by atoms with Crippen molar-refractivity contribution in [2.24, 2.45) is 5.92 Å². The Labute approximate surface area is 146 Å². The molecule has 0 saturated carbocycles. The molecule has 23 heavy (non-hydrogen) atoms. The third-order valence-corrected chi connectivity index (χ3v) is 4.09. The van der Waals surface area contributed by atoms with E-state index >= 15 is 0 Å². The molecule has 0 spiro atoms. The predicted molar refractivity (Wildman–Crippen MR) is 92.1 cm³/mol. The molecule has 1 aromatic heterocycles. The number of nitrogens with one attached hydrogen (secondary N) is 2. The number of amides is 1. The largest absolute Gasteiger partial charge is 0.350 e. The lowest BCUT2D eigenvalue weighted by molar-refractivity contribution is 0.0915. The highest BCUT2D eigenvalue weighted by Gasteiger charge is 2.16. The van der Waals surface area contributed by atoms with Gasteiger partial charge in [0.25, 0.3) is 5.91 Å². The summed E-state index contributed by atoms with van der Waals surface area (Å²) in [6.07, 6.45) is 2.16. The number of hydrogen-bond donors (Lipinski definition) is 2. The van der Waals surface area contributed by atoms with Crippen molar-refractivity contribution >= 4 is 29.9 Å². The molecule has 0 radical (unpaired) electrons. The van der Waals surface area contributed by atoms with E-state index in [0.717, 1.165) is 25.1 Å². The van der Waals surface area contributed by atoms with E-state index < -0.39 is 0 Å². The highest BCUT2D eigenvalue weighted by atomic mass is 35.5. The van der Waals surface area contributed by atoms with Crippen molar-refractivity contribution in [2.75, 3.05) is 19.6 Å². The average molecular weight is 356 g/mol. The van der Waals surface area contributed by atoms with Crippen molar-refractivity contribution in [3.05, 3.63) is 41.1 Å². The minimum absolute atomic E-state index is 0. The van der Waals surface area contributed by atoms with E-state index in [2.05, 4.69) is 15.8 Å². The molecule has 1 saturated heterocycles.